The summed E-state index contributed by atoms with van der Waals surface area (Å²) < 4.78 is 52.6. The molecule has 33 heavy (non-hydrogen) atoms. The summed E-state index contributed by atoms with van der Waals surface area (Å²) in [5.74, 6) is -3.47. The van der Waals surface area contributed by atoms with Crippen LogP contribution in [0, 0.1) is 11.6 Å². The van der Waals surface area contributed by atoms with Gasteiger partial charge < -0.3 is 10.2 Å². The van der Waals surface area contributed by atoms with Gasteiger partial charge in [0.25, 0.3) is 0 Å². The molecule has 0 fully saturated rings. The molecule has 0 spiro atoms. The molecule has 0 aliphatic rings. The Bertz CT molecular complexity index is 1100. The van der Waals surface area contributed by atoms with Crippen LogP contribution in [0.4, 0.5) is 14.5 Å². The summed E-state index contributed by atoms with van der Waals surface area (Å²) in [7, 11) is -4.03. The van der Waals surface area contributed by atoms with Gasteiger partial charge >= 0.3 is 0 Å². The van der Waals surface area contributed by atoms with Crippen LogP contribution in [0.2, 0.25) is 0 Å². The summed E-state index contributed by atoms with van der Waals surface area (Å²) >= 11 is 0. The van der Waals surface area contributed by atoms with E-state index in [4.69, 9.17) is 0 Å². The van der Waals surface area contributed by atoms with Crippen LogP contribution in [0.15, 0.2) is 48.5 Å². The van der Waals surface area contributed by atoms with Gasteiger partial charge in [0, 0.05) is 18.2 Å². The Morgan fingerprint density at radius 1 is 1.03 bits per heavy atom. The lowest BCUT2D eigenvalue weighted by atomic mass is 10.1. The first kappa shape index (κ1) is 26.2. The zero-order valence-electron chi connectivity index (χ0n) is 19.3. The van der Waals surface area contributed by atoms with Crippen LogP contribution in [-0.2, 0) is 26.2 Å². The number of sulfonamides is 1. The molecule has 180 valence electrons. The number of carbonyl (C=O) groups is 2. The number of anilines is 1. The van der Waals surface area contributed by atoms with Crippen molar-refractivity contribution in [2.45, 2.75) is 45.8 Å². The smallest absolute Gasteiger partial charge is 0.244 e. The van der Waals surface area contributed by atoms with Crippen LogP contribution in [0.5, 0.6) is 0 Å². The van der Waals surface area contributed by atoms with Gasteiger partial charge in [0.1, 0.15) is 12.6 Å². The summed E-state index contributed by atoms with van der Waals surface area (Å²) in [6.45, 7) is 6.31. The Kier molecular flexibility index (Phi) is 8.18. The zero-order chi connectivity index (χ0) is 25.0. The van der Waals surface area contributed by atoms with Crippen molar-refractivity contribution in [2.75, 3.05) is 17.1 Å². The number of hydrogen-bond acceptors (Lipinski definition) is 4. The molecule has 1 N–H and O–H groups in total. The normalized spacial score (nSPS) is 12.7. The number of rotatable bonds is 8. The Morgan fingerprint density at radius 3 is 2.15 bits per heavy atom. The Morgan fingerprint density at radius 2 is 1.64 bits per heavy atom. The number of benzene rings is 2. The molecular formula is C23H29F2N3O4S. The maximum Gasteiger partial charge on any atom is 0.244 e. The number of nitrogens with zero attached hydrogens (tertiary/aromatic N) is 2. The second-order valence-electron chi connectivity index (χ2n) is 8.79. The molecule has 0 aromatic heterocycles. The SMILES string of the molecule is C[C@@H](C(=O)NC(C)(C)C)N(Cc1ccccc1)C(=O)CN(c1ccc(F)c(F)c1)S(C)(=O)=O. The lowest BCUT2D eigenvalue weighted by molar-refractivity contribution is -0.140. The third kappa shape index (κ3) is 7.52. The summed E-state index contributed by atoms with van der Waals surface area (Å²) in [5.41, 5.74) is -0.00626. The van der Waals surface area contributed by atoms with Crippen LogP contribution in [0.3, 0.4) is 0 Å². The third-order valence-electron chi connectivity index (χ3n) is 4.73. The van der Waals surface area contributed by atoms with E-state index in [1.54, 1.807) is 58.0 Å². The first-order chi connectivity index (χ1) is 15.2. The van der Waals surface area contributed by atoms with Crippen molar-refractivity contribution < 1.29 is 26.8 Å². The number of amides is 2. The summed E-state index contributed by atoms with van der Waals surface area (Å²) in [4.78, 5) is 27.4. The molecular weight excluding hydrogens is 452 g/mol. The maximum atomic E-state index is 13.8. The Labute approximate surface area is 193 Å². The van der Waals surface area contributed by atoms with Gasteiger partial charge in [0.05, 0.1) is 11.9 Å². The Balaban J connectivity index is 2.40. The number of hydrogen-bond donors (Lipinski definition) is 1. The molecule has 0 radical (unpaired) electrons. The van der Waals surface area contributed by atoms with Gasteiger partial charge in [-0.15, -0.1) is 0 Å². The van der Waals surface area contributed by atoms with E-state index in [0.29, 0.717) is 10.4 Å². The van der Waals surface area contributed by atoms with Crippen molar-refractivity contribution in [2.24, 2.45) is 0 Å². The highest BCUT2D eigenvalue weighted by Gasteiger charge is 2.31. The van der Waals surface area contributed by atoms with E-state index in [9.17, 15) is 26.8 Å². The average molecular weight is 482 g/mol. The molecule has 0 aliphatic carbocycles. The second kappa shape index (κ2) is 10.3. The molecule has 0 saturated carbocycles. The molecule has 2 aromatic rings. The Hall–Kier alpha value is -3.01. The van der Waals surface area contributed by atoms with Gasteiger partial charge in [-0.2, -0.15) is 0 Å². The van der Waals surface area contributed by atoms with Gasteiger partial charge in [-0.1, -0.05) is 30.3 Å². The van der Waals surface area contributed by atoms with E-state index in [1.165, 1.54) is 4.90 Å². The van der Waals surface area contributed by atoms with E-state index in [1.807, 2.05) is 0 Å². The van der Waals surface area contributed by atoms with Crippen LogP contribution in [-0.4, -0.2) is 49.5 Å². The molecule has 0 saturated heterocycles. The minimum Gasteiger partial charge on any atom is -0.350 e. The predicted molar refractivity (Wildman–Crippen MR) is 123 cm³/mol. The van der Waals surface area contributed by atoms with E-state index in [2.05, 4.69) is 5.32 Å². The fourth-order valence-corrected chi connectivity index (χ4v) is 3.93. The fraction of sp³-hybridized carbons (Fsp3) is 0.391. The van der Waals surface area contributed by atoms with E-state index in [-0.39, 0.29) is 12.2 Å². The van der Waals surface area contributed by atoms with Crippen molar-refractivity contribution in [1.82, 2.24) is 10.2 Å². The van der Waals surface area contributed by atoms with Crippen molar-refractivity contribution in [1.29, 1.82) is 0 Å². The highest BCUT2D eigenvalue weighted by Crippen LogP contribution is 2.21. The lowest BCUT2D eigenvalue weighted by Gasteiger charge is -2.33. The van der Waals surface area contributed by atoms with Crippen molar-refractivity contribution in [3.8, 4) is 0 Å². The van der Waals surface area contributed by atoms with Gasteiger partial charge in [0.2, 0.25) is 21.8 Å². The molecule has 2 aromatic carbocycles. The van der Waals surface area contributed by atoms with E-state index >= 15 is 0 Å². The van der Waals surface area contributed by atoms with Crippen LogP contribution in [0.1, 0.15) is 33.3 Å². The van der Waals surface area contributed by atoms with Crippen molar-refractivity contribution in [3.63, 3.8) is 0 Å². The standard InChI is InChI=1S/C23H29F2N3O4S/c1-16(22(30)26-23(2,3)4)27(14-17-9-7-6-8-10-17)21(29)15-28(33(5,31)32)18-11-12-19(24)20(25)13-18/h6-13,16H,14-15H2,1-5H3,(H,26,30)/t16-/m0/s1. The largest absolute Gasteiger partial charge is 0.350 e. The minimum absolute atomic E-state index is 0.0494. The monoisotopic (exact) mass is 481 g/mol. The molecule has 2 amide bonds. The molecule has 1 atom stereocenters. The molecule has 0 bridgehead atoms. The molecule has 2 rings (SSSR count). The average Bonchev–Trinajstić information content (AvgIpc) is 2.70. The topological polar surface area (TPSA) is 86.8 Å². The first-order valence-electron chi connectivity index (χ1n) is 10.3. The zero-order valence-corrected chi connectivity index (χ0v) is 20.1. The summed E-state index contributed by atoms with van der Waals surface area (Å²) in [6.07, 6.45) is 0.860. The molecule has 0 heterocycles. The number of carbonyl (C=O) groups excluding carboxylic acids is 2. The van der Waals surface area contributed by atoms with Gasteiger partial charge in [-0.3, -0.25) is 13.9 Å². The quantitative estimate of drug-likeness (QED) is 0.628. The van der Waals surface area contributed by atoms with Crippen molar-refractivity contribution in [3.05, 3.63) is 65.7 Å². The lowest BCUT2D eigenvalue weighted by Crippen LogP contribution is -2.54. The van der Waals surface area contributed by atoms with Crippen LogP contribution < -0.4 is 9.62 Å². The van der Waals surface area contributed by atoms with Crippen molar-refractivity contribution >= 4 is 27.5 Å². The van der Waals surface area contributed by atoms with Gasteiger partial charge in [0.15, 0.2) is 11.6 Å². The van der Waals surface area contributed by atoms with Gasteiger partial charge in [-0.05, 0) is 45.4 Å². The highest BCUT2D eigenvalue weighted by molar-refractivity contribution is 7.92. The van der Waals surface area contributed by atoms with Crippen LogP contribution >= 0.6 is 0 Å². The summed E-state index contributed by atoms with van der Waals surface area (Å²) in [6, 6.07) is 10.6. The second-order valence-corrected chi connectivity index (χ2v) is 10.7. The van der Waals surface area contributed by atoms with E-state index in [0.717, 1.165) is 24.0 Å². The molecule has 0 aliphatic heterocycles. The number of nitrogens with one attached hydrogen (secondary N) is 1. The number of halogens is 2. The predicted octanol–water partition coefficient (Wildman–Crippen LogP) is 3.06. The summed E-state index contributed by atoms with van der Waals surface area (Å²) in [5, 5.41) is 2.81. The minimum atomic E-state index is -4.03. The molecule has 7 nitrogen and oxygen atoms in total. The van der Waals surface area contributed by atoms with Crippen LogP contribution in [0.25, 0.3) is 0 Å². The maximum absolute atomic E-state index is 13.8. The fourth-order valence-electron chi connectivity index (χ4n) is 3.09. The molecule has 0 unspecified atom stereocenters. The highest BCUT2D eigenvalue weighted by atomic mass is 32.2. The third-order valence-corrected chi connectivity index (χ3v) is 5.87. The van der Waals surface area contributed by atoms with E-state index < -0.39 is 51.6 Å². The van der Waals surface area contributed by atoms with Gasteiger partial charge in [-0.25, -0.2) is 17.2 Å². The molecule has 10 heteroatoms. The first-order valence-corrected chi connectivity index (χ1v) is 12.1.